The highest BCUT2D eigenvalue weighted by Gasteiger charge is 2.33. The van der Waals surface area contributed by atoms with Gasteiger partial charge in [0, 0.05) is 13.5 Å². The minimum atomic E-state index is -4.98. The Hall–Kier alpha value is -3.03. The quantitative estimate of drug-likeness (QED) is 0.861. The van der Waals surface area contributed by atoms with Crippen LogP contribution in [-0.4, -0.2) is 23.3 Å². The standard InChI is InChI=1S/C17H14F3NO4/c1-10(22)21-9-11-3-2-4-12(7-11)13-5-6-15(25-17(18,19)20)14(8-13)16(23)24/h2-8H,9H2,1H3,(H,21,22)(H,23,24). The number of ether oxygens (including phenoxy) is 1. The first-order valence-corrected chi connectivity index (χ1v) is 7.12. The molecule has 0 bridgehead atoms. The van der Waals surface area contributed by atoms with Crippen LogP contribution in [0.15, 0.2) is 42.5 Å². The number of amides is 1. The maximum atomic E-state index is 12.4. The SMILES string of the molecule is CC(=O)NCc1cccc(-c2ccc(OC(F)(F)F)c(C(=O)O)c2)c1. The minimum absolute atomic E-state index is 0.202. The number of hydrogen-bond donors (Lipinski definition) is 2. The van der Waals surface area contributed by atoms with Gasteiger partial charge in [0.15, 0.2) is 0 Å². The van der Waals surface area contributed by atoms with Crippen molar-refractivity contribution in [3.8, 4) is 16.9 Å². The Morgan fingerprint density at radius 1 is 1.12 bits per heavy atom. The fourth-order valence-electron chi connectivity index (χ4n) is 2.18. The lowest BCUT2D eigenvalue weighted by Gasteiger charge is -2.13. The zero-order chi connectivity index (χ0) is 18.6. The van der Waals surface area contributed by atoms with Gasteiger partial charge in [-0.2, -0.15) is 0 Å². The molecule has 0 saturated heterocycles. The fraction of sp³-hybridized carbons (Fsp3) is 0.176. The van der Waals surface area contributed by atoms with Crippen LogP contribution in [0.2, 0.25) is 0 Å². The van der Waals surface area contributed by atoms with Crippen molar-refractivity contribution in [2.75, 3.05) is 0 Å². The molecule has 0 aliphatic heterocycles. The van der Waals surface area contributed by atoms with E-state index in [9.17, 15) is 22.8 Å². The zero-order valence-corrected chi connectivity index (χ0v) is 13.1. The first kappa shape index (κ1) is 18.3. The van der Waals surface area contributed by atoms with E-state index in [4.69, 9.17) is 5.11 Å². The second-order valence-corrected chi connectivity index (χ2v) is 5.17. The molecule has 2 aromatic carbocycles. The third-order valence-electron chi connectivity index (χ3n) is 3.24. The van der Waals surface area contributed by atoms with Crippen molar-refractivity contribution in [1.82, 2.24) is 5.32 Å². The number of carbonyl (C=O) groups excluding carboxylic acids is 1. The van der Waals surface area contributed by atoms with Crippen LogP contribution in [0.5, 0.6) is 5.75 Å². The van der Waals surface area contributed by atoms with E-state index in [2.05, 4.69) is 10.1 Å². The number of nitrogens with one attached hydrogen (secondary N) is 1. The van der Waals surface area contributed by atoms with Crippen molar-refractivity contribution in [3.05, 3.63) is 53.6 Å². The number of carbonyl (C=O) groups is 2. The molecule has 0 atom stereocenters. The molecule has 0 radical (unpaired) electrons. The van der Waals surface area contributed by atoms with E-state index in [1.54, 1.807) is 24.3 Å². The highest BCUT2D eigenvalue weighted by Crippen LogP contribution is 2.31. The number of carboxylic acids is 1. The summed E-state index contributed by atoms with van der Waals surface area (Å²) in [6.45, 7) is 1.66. The average molecular weight is 353 g/mol. The average Bonchev–Trinajstić information content (AvgIpc) is 2.52. The monoisotopic (exact) mass is 353 g/mol. The molecule has 2 N–H and O–H groups in total. The number of alkyl halides is 3. The molecule has 2 rings (SSSR count). The molecule has 0 fully saturated rings. The van der Waals surface area contributed by atoms with Crippen LogP contribution in [-0.2, 0) is 11.3 Å². The number of halogens is 3. The van der Waals surface area contributed by atoms with Gasteiger partial charge in [0.25, 0.3) is 0 Å². The summed E-state index contributed by atoms with van der Waals surface area (Å²) in [6.07, 6.45) is -4.98. The zero-order valence-electron chi connectivity index (χ0n) is 13.1. The minimum Gasteiger partial charge on any atom is -0.478 e. The van der Waals surface area contributed by atoms with Gasteiger partial charge in [0.1, 0.15) is 11.3 Å². The van der Waals surface area contributed by atoms with Gasteiger partial charge < -0.3 is 15.2 Å². The summed E-state index contributed by atoms with van der Waals surface area (Å²) < 4.78 is 40.8. The lowest BCUT2D eigenvalue weighted by Crippen LogP contribution is -2.19. The molecular formula is C17H14F3NO4. The van der Waals surface area contributed by atoms with Gasteiger partial charge in [-0.15, -0.1) is 13.2 Å². The van der Waals surface area contributed by atoms with Gasteiger partial charge >= 0.3 is 12.3 Å². The van der Waals surface area contributed by atoms with E-state index in [0.717, 1.165) is 17.7 Å². The number of hydrogen-bond acceptors (Lipinski definition) is 3. The third kappa shape index (κ3) is 5.23. The van der Waals surface area contributed by atoms with Crippen LogP contribution >= 0.6 is 0 Å². The van der Waals surface area contributed by atoms with E-state index >= 15 is 0 Å². The molecule has 2 aromatic rings. The van der Waals surface area contributed by atoms with E-state index in [1.807, 2.05) is 0 Å². The normalized spacial score (nSPS) is 11.0. The lowest BCUT2D eigenvalue weighted by molar-refractivity contribution is -0.274. The molecule has 0 unspecified atom stereocenters. The molecular weight excluding hydrogens is 339 g/mol. The van der Waals surface area contributed by atoms with Crippen molar-refractivity contribution in [2.24, 2.45) is 0 Å². The van der Waals surface area contributed by atoms with E-state index in [0.29, 0.717) is 11.1 Å². The topological polar surface area (TPSA) is 75.6 Å². The third-order valence-corrected chi connectivity index (χ3v) is 3.24. The fourth-order valence-corrected chi connectivity index (χ4v) is 2.18. The maximum Gasteiger partial charge on any atom is 0.573 e. The second-order valence-electron chi connectivity index (χ2n) is 5.17. The van der Waals surface area contributed by atoms with Crippen molar-refractivity contribution in [1.29, 1.82) is 0 Å². The molecule has 25 heavy (non-hydrogen) atoms. The maximum absolute atomic E-state index is 12.4. The summed E-state index contributed by atoms with van der Waals surface area (Å²) in [7, 11) is 0. The Labute approximate surface area is 141 Å². The van der Waals surface area contributed by atoms with Crippen LogP contribution < -0.4 is 10.1 Å². The summed E-state index contributed by atoms with van der Waals surface area (Å²) in [5.74, 6) is -2.51. The first-order chi connectivity index (χ1) is 11.7. The van der Waals surface area contributed by atoms with Gasteiger partial charge in [-0.3, -0.25) is 4.79 Å². The number of rotatable bonds is 5. The Morgan fingerprint density at radius 3 is 2.40 bits per heavy atom. The van der Waals surface area contributed by atoms with Crippen molar-refractivity contribution in [2.45, 2.75) is 19.8 Å². The Balaban J connectivity index is 2.36. The Bertz CT molecular complexity index is 803. The second kappa shape index (κ2) is 7.25. The van der Waals surface area contributed by atoms with Crippen LogP contribution in [0.1, 0.15) is 22.8 Å². The van der Waals surface area contributed by atoms with Crippen molar-refractivity contribution in [3.63, 3.8) is 0 Å². The summed E-state index contributed by atoms with van der Waals surface area (Å²) in [5, 5.41) is 11.8. The number of carboxylic acid groups (broad SMARTS) is 1. The van der Waals surface area contributed by atoms with Gasteiger partial charge in [0.2, 0.25) is 5.91 Å². The van der Waals surface area contributed by atoms with E-state index < -0.39 is 23.6 Å². The van der Waals surface area contributed by atoms with Gasteiger partial charge in [-0.05, 0) is 34.9 Å². The Morgan fingerprint density at radius 2 is 1.80 bits per heavy atom. The van der Waals surface area contributed by atoms with Crippen molar-refractivity contribution < 1.29 is 32.6 Å². The molecule has 1 amide bonds. The molecule has 8 heteroatoms. The molecule has 0 aromatic heterocycles. The lowest BCUT2D eigenvalue weighted by atomic mass is 10.0. The van der Waals surface area contributed by atoms with Gasteiger partial charge in [-0.1, -0.05) is 24.3 Å². The smallest absolute Gasteiger partial charge is 0.478 e. The highest BCUT2D eigenvalue weighted by molar-refractivity contribution is 5.92. The van der Waals surface area contributed by atoms with Crippen LogP contribution in [0, 0.1) is 0 Å². The summed E-state index contributed by atoms with van der Waals surface area (Å²) in [4.78, 5) is 22.2. The molecule has 0 heterocycles. The predicted octanol–water partition coefficient (Wildman–Crippen LogP) is 3.59. The molecule has 0 saturated carbocycles. The highest BCUT2D eigenvalue weighted by atomic mass is 19.4. The summed E-state index contributed by atoms with van der Waals surface area (Å²) >= 11 is 0. The number of aromatic carboxylic acids is 1. The van der Waals surface area contributed by atoms with Crippen LogP contribution in [0.4, 0.5) is 13.2 Å². The predicted molar refractivity (Wildman–Crippen MR) is 83.0 cm³/mol. The van der Waals surface area contributed by atoms with Crippen LogP contribution in [0.3, 0.4) is 0 Å². The summed E-state index contributed by atoms with van der Waals surface area (Å²) in [5.41, 5.74) is 1.18. The first-order valence-electron chi connectivity index (χ1n) is 7.12. The van der Waals surface area contributed by atoms with Gasteiger partial charge in [0.05, 0.1) is 0 Å². The Kier molecular flexibility index (Phi) is 5.31. The number of benzene rings is 2. The molecule has 0 spiro atoms. The van der Waals surface area contributed by atoms with Gasteiger partial charge in [-0.25, -0.2) is 4.79 Å². The molecule has 0 aliphatic rings. The van der Waals surface area contributed by atoms with Crippen LogP contribution in [0.25, 0.3) is 11.1 Å². The molecule has 0 aliphatic carbocycles. The van der Waals surface area contributed by atoms with Crippen molar-refractivity contribution >= 4 is 11.9 Å². The van der Waals surface area contributed by atoms with E-state index in [-0.39, 0.29) is 12.5 Å². The molecule has 132 valence electrons. The largest absolute Gasteiger partial charge is 0.573 e. The summed E-state index contributed by atoms with van der Waals surface area (Å²) in [6, 6.07) is 10.3. The van der Waals surface area contributed by atoms with E-state index in [1.165, 1.54) is 13.0 Å². The molecule has 5 nitrogen and oxygen atoms in total.